The van der Waals surface area contributed by atoms with Crippen LogP contribution in [0.1, 0.15) is 15.9 Å². The molecule has 0 aromatic heterocycles. The summed E-state index contributed by atoms with van der Waals surface area (Å²) in [6, 6.07) is 28.9. The Kier molecular flexibility index (Phi) is 5.10. The quantitative estimate of drug-likeness (QED) is 0.373. The van der Waals surface area contributed by atoms with E-state index >= 15 is 0 Å². The maximum absolute atomic E-state index is 13.1. The Morgan fingerprint density at radius 2 is 1.55 bits per heavy atom. The van der Waals surface area contributed by atoms with Gasteiger partial charge in [-0.1, -0.05) is 59.8 Å². The van der Waals surface area contributed by atoms with Crippen LogP contribution in [0.3, 0.4) is 0 Å². The van der Waals surface area contributed by atoms with Gasteiger partial charge in [0.05, 0.1) is 5.69 Å². The minimum Gasteiger partial charge on any atom is -0.456 e. The van der Waals surface area contributed by atoms with Gasteiger partial charge in [-0.3, -0.25) is 4.79 Å². The zero-order valence-electron chi connectivity index (χ0n) is 16.8. The van der Waals surface area contributed by atoms with E-state index in [4.69, 9.17) is 9.47 Å². The molecule has 0 spiro atoms. The highest BCUT2D eigenvalue weighted by atomic mass is 32.2. The van der Waals surface area contributed by atoms with Gasteiger partial charge in [-0.15, -0.1) is 0 Å². The van der Waals surface area contributed by atoms with Crippen molar-refractivity contribution in [2.24, 2.45) is 0 Å². The number of ether oxygens (including phenoxy) is 2. The first kappa shape index (κ1) is 19.3. The number of nitrogens with one attached hydrogen (secondary N) is 1. The Morgan fingerprint density at radius 3 is 2.35 bits per heavy atom. The number of anilines is 1. The third kappa shape index (κ3) is 4.13. The van der Waals surface area contributed by atoms with Crippen LogP contribution in [0.4, 0.5) is 5.69 Å². The molecule has 0 aliphatic carbocycles. The van der Waals surface area contributed by atoms with Crippen LogP contribution < -0.4 is 14.8 Å². The number of hydrogen-bond donors (Lipinski definition) is 1. The van der Waals surface area contributed by atoms with Crippen molar-refractivity contribution in [1.82, 2.24) is 0 Å². The highest BCUT2D eigenvalue weighted by molar-refractivity contribution is 7.99. The Bertz CT molecular complexity index is 1250. The van der Waals surface area contributed by atoms with Crippen molar-refractivity contribution in [3.05, 3.63) is 102 Å². The summed E-state index contributed by atoms with van der Waals surface area (Å²) in [5.41, 5.74) is 2.20. The van der Waals surface area contributed by atoms with Gasteiger partial charge in [0.15, 0.2) is 5.75 Å². The van der Waals surface area contributed by atoms with Crippen molar-refractivity contribution in [3.63, 3.8) is 0 Å². The van der Waals surface area contributed by atoms with E-state index in [0.29, 0.717) is 34.2 Å². The van der Waals surface area contributed by atoms with Crippen LogP contribution in [0.2, 0.25) is 0 Å². The van der Waals surface area contributed by atoms with Gasteiger partial charge >= 0.3 is 0 Å². The molecule has 0 unspecified atom stereocenters. The normalized spacial score (nSPS) is 12.1. The molecule has 0 fully saturated rings. The van der Waals surface area contributed by atoms with E-state index in [-0.39, 0.29) is 5.91 Å². The fraction of sp³-hybridized carbons (Fsp3) is 0.0385. The number of aryl methyl sites for hydroxylation is 1. The van der Waals surface area contributed by atoms with Crippen LogP contribution in [0.5, 0.6) is 23.0 Å². The van der Waals surface area contributed by atoms with Crippen LogP contribution in [0.15, 0.2) is 101 Å². The van der Waals surface area contributed by atoms with Gasteiger partial charge in [0.1, 0.15) is 22.8 Å². The van der Waals surface area contributed by atoms with E-state index in [0.717, 1.165) is 9.79 Å². The first-order valence-corrected chi connectivity index (χ1v) is 10.7. The van der Waals surface area contributed by atoms with Crippen LogP contribution in [0, 0.1) is 6.92 Å². The smallest absolute Gasteiger partial charge is 0.263 e. The minimum atomic E-state index is -0.266. The predicted molar refractivity (Wildman–Crippen MR) is 123 cm³/mol. The SMILES string of the molecule is Cc1ccc(Sc2cc(Oc3ccccc3)c3c(c2)Oc2ccccc2NC3=O)cc1. The number of amides is 1. The topological polar surface area (TPSA) is 47.6 Å². The van der Waals surface area contributed by atoms with Crippen molar-refractivity contribution >= 4 is 23.4 Å². The van der Waals surface area contributed by atoms with Crippen molar-refractivity contribution in [2.45, 2.75) is 16.7 Å². The van der Waals surface area contributed by atoms with Crippen molar-refractivity contribution in [3.8, 4) is 23.0 Å². The molecular weight excluding hydrogens is 406 g/mol. The molecule has 4 aromatic rings. The van der Waals surface area contributed by atoms with E-state index < -0.39 is 0 Å². The molecule has 0 saturated heterocycles. The van der Waals surface area contributed by atoms with E-state index in [1.54, 1.807) is 11.8 Å². The number of rotatable bonds is 4. The highest BCUT2D eigenvalue weighted by Gasteiger charge is 2.26. The molecule has 0 atom stereocenters. The lowest BCUT2D eigenvalue weighted by molar-refractivity contribution is 0.102. The first-order valence-electron chi connectivity index (χ1n) is 9.89. The molecule has 1 aliphatic rings. The lowest BCUT2D eigenvalue weighted by Gasteiger charge is -2.15. The summed E-state index contributed by atoms with van der Waals surface area (Å²) in [6.45, 7) is 2.06. The molecule has 4 nitrogen and oxygen atoms in total. The lowest BCUT2D eigenvalue weighted by Crippen LogP contribution is -2.12. The zero-order valence-corrected chi connectivity index (χ0v) is 17.6. The summed E-state index contributed by atoms with van der Waals surface area (Å²) in [6.07, 6.45) is 0. The second kappa shape index (κ2) is 8.20. The van der Waals surface area contributed by atoms with E-state index in [1.807, 2.05) is 66.7 Å². The summed E-state index contributed by atoms with van der Waals surface area (Å²) >= 11 is 1.59. The summed E-state index contributed by atoms with van der Waals surface area (Å²) in [7, 11) is 0. The third-order valence-electron chi connectivity index (χ3n) is 4.85. The molecule has 31 heavy (non-hydrogen) atoms. The number of para-hydroxylation sites is 3. The lowest BCUT2D eigenvalue weighted by atomic mass is 10.1. The first-order chi connectivity index (χ1) is 15.2. The maximum atomic E-state index is 13.1. The Morgan fingerprint density at radius 1 is 0.806 bits per heavy atom. The van der Waals surface area contributed by atoms with Crippen LogP contribution in [-0.2, 0) is 0 Å². The van der Waals surface area contributed by atoms with Crippen molar-refractivity contribution in [1.29, 1.82) is 0 Å². The number of benzene rings is 4. The Hall–Kier alpha value is -3.70. The molecule has 1 aliphatic heterocycles. The standard InChI is InChI=1S/C26H19NO3S/c1-17-11-13-19(14-12-17)31-20-15-23(29-18-7-3-2-4-8-18)25-24(16-20)30-22-10-6-5-9-21(22)27-26(25)28/h2-16H,1H3,(H,27,28). The summed E-state index contributed by atoms with van der Waals surface area (Å²) in [5.74, 6) is 1.89. The molecule has 0 bridgehead atoms. The number of carbonyl (C=O) groups is 1. The second-order valence-corrected chi connectivity index (χ2v) is 8.32. The van der Waals surface area contributed by atoms with Gasteiger partial charge in [0, 0.05) is 9.79 Å². The predicted octanol–water partition coefficient (Wildman–Crippen LogP) is 7.30. The van der Waals surface area contributed by atoms with Crippen LogP contribution >= 0.6 is 11.8 Å². The third-order valence-corrected chi connectivity index (χ3v) is 5.83. The fourth-order valence-electron chi connectivity index (χ4n) is 3.33. The molecule has 5 heteroatoms. The molecular formula is C26H19NO3S. The summed E-state index contributed by atoms with van der Waals surface area (Å²) in [5, 5.41) is 2.93. The van der Waals surface area contributed by atoms with Gasteiger partial charge in [-0.2, -0.15) is 0 Å². The zero-order chi connectivity index (χ0) is 21.2. The average Bonchev–Trinajstić information content (AvgIpc) is 2.91. The molecule has 0 radical (unpaired) electrons. The number of carbonyl (C=O) groups excluding carboxylic acids is 1. The van der Waals surface area contributed by atoms with E-state index in [2.05, 4.69) is 36.5 Å². The van der Waals surface area contributed by atoms with E-state index in [9.17, 15) is 4.79 Å². The van der Waals surface area contributed by atoms with Gasteiger partial charge in [-0.25, -0.2) is 0 Å². The maximum Gasteiger partial charge on any atom is 0.263 e. The second-order valence-electron chi connectivity index (χ2n) is 7.18. The average molecular weight is 426 g/mol. The molecule has 1 N–H and O–H groups in total. The summed E-state index contributed by atoms with van der Waals surface area (Å²) in [4.78, 5) is 15.1. The largest absolute Gasteiger partial charge is 0.456 e. The van der Waals surface area contributed by atoms with Gasteiger partial charge in [0.2, 0.25) is 0 Å². The van der Waals surface area contributed by atoms with Gasteiger partial charge < -0.3 is 14.8 Å². The van der Waals surface area contributed by atoms with Crippen molar-refractivity contribution in [2.75, 3.05) is 5.32 Å². The Labute approximate surface area is 184 Å². The fourth-order valence-corrected chi connectivity index (χ4v) is 4.21. The molecule has 152 valence electrons. The van der Waals surface area contributed by atoms with Crippen LogP contribution in [0.25, 0.3) is 0 Å². The van der Waals surface area contributed by atoms with Gasteiger partial charge in [-0.05, 0) is 55.5 Å². The van der Waals surface area contributed by atoms with Crippen molar-refractivity contribution < 1.29 is 14.3 Å². The highest BCUT2D eigenvalue weighted by Crippen LogP contribution is 2.44. The number of fused-ring (bicyclic) bond motifs is 2. The van der Waals surface area contributed by atoms with Gasteiger partial charge in [0.25, 0.3) is 5.91 Å². The van der Waals surface area contributed by atoms with E-state index in [1.165, 1.54) is 5.56 Å². The minimum absolute atomic E-state index is 0.266. The number of hydrogen-bond acceptors (Lipinski definition) is 4. The summed E-state index contributed by atoms with van der Waals surface area (Å²) < 4.78 is 12.3. The molecule has 1 heterocycles. The molecule has 5 rings (SSSR count). The monoisotopic (exact) mass is 425 g/mol. The molecule has 1 amide bonds. The Balaban J connectivity index is 1.61. The van der Waals surface area contributed by atoms with Crippen LogP contribution in [-0.4, -0.2) is 5.91 Å². The molecule has 0 saturated carbocycles. The molecule has 4 aromatic carbocycles.